The summed E-state index contributed by atoms with van der Waals surface area (Å²) in [5, 5.41) is 0. The molecule has 0 unspecified atom stereocenters. The maximum atomic E-state index is 13.4. The van der Waals surface area contributed by atoms with Crippen LogP contribution in [0.1, 0.15) is 33.1 Å². The van der Waals surface area contributed by atoms with Crippen molar-refractivity contribution in [3.05, 3.63) is 24.0 Å². The Morgan fingerprint density at radius 1 is 1.35 bits per heavy atom. The molecule has 1 aliphatic rings. The number of nitrogens with zero attached hydrogens (tertiary/aromatic N) is 1. The Morgan fingerprint density at radius 3 is 2.65 bits per heavy atom. The van der Waals surface area contributed by atoms with Gasteiger partial charge in [0.05, 0.1) is 11.4 Å². The third-order valence-electron chi connectivity index (χ3n) is 4.31. The van der Waals surface area contributed by atoms with Gasteiger partial charge in [-0.05, 0) is 36.8 Å². The highest BCUT2D eigenvalue weighted by molar-refractivity contribution is 5.68. The summed E-state index contributed by atoms with van der Waals surface area (Å²) >= 11 is 0. The molecule has 1 aromatic rings. The molecule has 1 saturated heterocycles. The highest BCUT2D eigenvalue weighted by Crippen LogP contribution is 2.40. The molecule has 2 rings (SSSR count). The van der Waals surface area contributed by atoms with Crippen molar-refractivity contribution in [2.75, 3.05) is 23.7 Å². The monoisotopic (exact) mass is 236 g/mol. The fourth-order valence-electron chi connectivity index (χ4n) is 2.77. The third kappa shape index (κ3) is 2.11. The molecule has 2 nitrogen and oxygen atoms in total. The number of benzene rings is 1. The van der Waals surface area contributed by atoms with Crippen LogP contribution in [0, 0.1) is 11.2 Å². The van der Waals surface area contributed by atoms with Crippen molar-refractivity contribution in [3.8, 4) is 0 Å². The van der Waals surface area contributed by atoms with E-state index < -0.39 is 0 Å². The number of nitrogens with two attached hydrogens (primary N) is 1. The van der Waals surface area contributed by atoms with Crippen LogP contribution < -0.4 is 10.6 Å². The summed E-state index contributed by atoms with van der Waals surface area (Å²) in [6.45, 7) is 6.45. The maximum Gasteiger partial charge on any atom is 0.148 e. The van der Waals surface area contributed by atoms with Crippen LogP contribution in [0.2, 0.25) is 0 Å². The zero-order valence-corrected chi connectivity index (χ0v) is 10.7. The number of rotatable bonds is 3. The second kappa shape index (κ2) is 4.55. The Morgan fingerprint density at radius 2 is 2.06 bits per heavy atom. The van der Waals surface area contributed by atoms with E-state index in [2.05, 4.69) is 18.7 Å². The van der Waals surface area contributed by atoms with Crippen molar-refractivity contribution in [2.45, 2.75) is 33.1 Å². The summed E-state index contributed by atoms with van der Waals surface area (Å²) < 4.78 is 13.4. The Kier molecular flexibility index (Phi) is 3.27. The van der Waals surface area contributed by atoms with Crippen LogP contribution in [0.25, 0.3) is 0 Å². The molecule has 0 spiro atoms. The van der Waals surface area contributed by atoms with E-state index in [0.717, 1.165) is 18.8 Å². The van der Waals surface area contributed by atoms with E-state index in [1.165, 1.54) is 25.3 Å². The van der Waals surface area contributed by atoms with Gasteiger partial charge in [-0.3, -0.25) is 0 Å². The van der Waals surface area contributed by atoms with E-state index in [0.29, 0.717) is 5.41 Å². The minimum Gasteiger partial charge on any atom is -0.395 e. The molecule has 2 N–H and O–H groups in total. The summed E-state index contributed by atoms with van der Waals surface area (Å²) in [6, 6.07) is 5.07. The molecule has 94 valence electrons. The first kappa shape index (κ1) is 12.2. The lowest BCUT2D eigenvalue weighted by molar-refractivity contribution is 0.301. The average molecular weight is 236 g/mol. The molecule has 0 amide bonds. The minimum absolute atomic E-state index is 0.288. The largest absolute Gasteiger partial charge is 0.395 e. The number of hydrogen-bond donors (Lipinski definition) is 1. The SMILES string of the molecule is CCC1(CC)CCN(c2cccc(F)c2N)C1. The molecule has 0 bridgehead atoms. The molecule has 1 heterocycles. The van der Waals surface area contributed by atoms with Gasteiger partial charge in [0.15, 0.2) is 0 Å². The summed E-state index contributed by atoms with van der Waals surface area (Å²) in [4.78, 5) is 2.23. The lowest BCUT2D eigenvalue weighted by Gasteiger charge is -2.27. The first-order valence-electron chi connectivity index (χ1n) is 6.41. The van der Waals surface area contributed by atoms with Gasteiger partial charge in [0.25, 0.3) is 0 Å². The van der Waals surface area contributed by atoms with Crippen LogP contribution in [0.5, 0.6) is 0 Å². The molecule has 0 aromatic heterocycles. The molecule has 1 aromatic carbocycles. The molecule has 0 aliphatic carbocycles. The Hall–Kier alpha value is -1.25. The van der Waals surface area contributed by atoms with Crippen LogP contribution in [0.3, 0.4) is 0 Å². The summed E-state index contributed by atoms with van der Waals surface area (Å²) in [7, 11) is 0. The van der Waals surface area contributed by atoms with Crippen LogP contribution in [-0.4, -0.2) is 13.1 Å². The summed E-state index contributed by atoms with van der Waals surface area (Å²) in [5.74, 6) is -0.312. The van der Waals surface area contributed by atoms with Crippen molar-refractivity contribution in [3.63, 3.8) is 0 Å². The van der Waals surface area contributed by atoms with Crippen LogP contribution in [0.4, 0.5) is 15.8 Å². The second-order valence-electron chi connectivity index (χ2n) is 5.05. The highest BCUT2D eigenvalue weighted by atomic mass is 19.1. The first-order chi connectivity index (χ1) is 8.12. The van der Waals surface area contributed by atoms with Gasteiger partial charge in [-0.1, -0.05) is 19.9 Å². The Bertz CT molecular complexity index is 399. The van der Waals surface area contributed by atoms with E-state index in [-0.39, 0.29) is 11.5 Å². The van der Waals surface area contributed by atoms with Gasteiger partial charge in [0, 0.05) is 13.1 Å². The van der Waals surface area contributed by atoms with Gasteiger partial charge in [0.2, 0.25) is 0 Å². The van der Waals surface area contributed by atoms with Gasteiger partial charge in [-0.2, -0.15) is 0 Å². The molecule has 1 aliphatic heterocycles. The lowest BCUT2D eigenvalue weighted by atomic mass is 9.82. The van der Waals surface area contributed by atoms with Crippen LogP contribution in [0.15, 0.2) is 18.2 Å². The summed E-state index contributed by atoms with van der Waals surface area (Å²) in [5.41, 5.74) is 7.35. The average Bonchev–Trinajstić information content (AvgIpc) is 2.78. The van der Waals surface area contributed by atoms with Crippen molar-refractivity contribution in [1.82, 2.24) is 0 Å². The van der Waals surface area contributed by atoms with E-state index >= 15 is 0 Å². The van der Waals surface area contributed by atoms with Gasteiger partial charge in [-0.15, -0.1) is 0 Å². The zero-order chi connectivity index (χ0) is 12.5. The number of hydrogen-bond acceptors (Lipinski definition) is 2. The van der Waals surface area contributed by atoms with Gasteiger partial charge < -0.3 is 10.6 Å². The first-order valence-corrected chi connectivity index (χ1v) is 6.41. The lowest BCUT2D eigenvalue weighted by Crippen LogP contribution is -2.26. The quantitative estimate of drug-likeness (QED) is 0.815. The van der Waals surface area contributed by atoms with E-state index in [1.54, 1.807) is 6.07 Å². The van der Waals surface area contributed by atoms with Crippen molar-refractivity contribution < 1.29 is 4.39 Å². The molecule has 1 fully saturated rings. The topological polar surface area (TPSA) is 29.3 Å². The molecule has 0 radical (unpaired) electrons. The number of halogens is 1. The number of para-hydroxylation sites is 1. The number of anilines is 2. The highest BCUT2D eigenvalue weighted by Gasteiger charge is 2.35. The molecule has 0 saturated carbocycles. The van der Waals surface area contributed by atoms with Gasteiger partial charge in [-0.25, -0.2) is 4.39 Å². The normalized spacial score (nSPS) is 18.6. The number of nitrogen functional groups attached to an aromatic ring is 1. The predicted molar refractivity (Wildman–Crippen MR) is 70.7 cm³/mol. The van der Waals surface area contributed by atoms with Crippen molar-refractivity contribution in [1.29, 1.82) is 0 Å². The standard InChI is InChI=1S/C14H21FN2/c1-3-14(4-2)8-9-17(10-14)12-7-5-6-11(15)13(12)16/h5-7H,3-4,8-10,16H2,1-2H3. The fraction of sp³-hybridized carbons (Fsp3) is 0.571. The molecule has 3 heteroatoms. The molecular formula is C14H21FN2. The summed E-state index contributed by atoms with van der Waals surface area (Å²) in [6.07, 6.45) is 3.53. The maximum absolute atomic E-state index is 13.4. The minimum atomic E-state index is -0.312. The van der Waals surface area contributed by atoms with Gasteiger partial charge in [0.1, 0.15) is 5.82 Å². The van der Waals surface area contributed by atoms with Crippen molar-refractivity contribution >= 4 is 11.4 Å². The Balaban J connectivity index is 2.23. The van der Waals surface area contributed by atoms with Gasteiger partial charge >= 0.3 is 0 Å². The second-order valence-corrected chi connectivity index (χ2v) is 5.05. The molecule has 0 atom stereocenters. The molecule has 17 heavy (non-hydrogen) atoms. The Labute approximate surface area is 103 Å². The smallest absolute Gasteiger partial charge is 0.148 e. The zero-order valence-electron chi connectivity index (χ0n) is 10.7. The third-order valence-corrected chi connectivity index (χ3v) is 4.31. The van der Waals surface area contributed by atoms with Crippen LogP contribution >= 0.6 is 0 Å². The molecular weight excluding hydrogens is 215 g/mol. The fourth-order valence-corrected chi connectivity index (χ4v) is 2.77. The van der Waals surface area contributed by atoms with Crippen LogP contribution in [-0.2, 0) is 0 Å². The van der Waals surface area contributed by atoms with E-state index in [1.807, 2.05) is 6.07 Å². The van der Waals surface area contributed by atoms with Crippen molar-refractivity contribution in [2.24, 2.45) is 5.41 Å². The predicted octanol–water partition coefficient (Wildman–Crippen LogP) is 3.42. The van der Waals surface area contributed by atoms with E-state index in [9.17, 15) is 4.39 Å². The van der Waals surface area contributed by atoms with E-state index in [4.69, 9.17) is 5.73 Å².